The van der Waals surface area contributed by atoms with Crippen molar-refractivity contribution < 1.29 is 24.3 Å². The molecule has 8 nitrogen and oxygen atoms in total. The molecule has 1 fully saturated rings. The molecule has 5 atom stereocenters. The van der Waals surface area contributed by atoms with Gasteiger partial charge in [-0.05, 0) is 29.8 Å². The number of aliphatic hydroxyl groups excluding tert-OH is 1. The van der Waals surface area contributed by atoms with Gasteiger partial charge >= 0.3 is 0 Å². The number of hydroxylamine groups is 1. The first-order valence-corrected chi connectivity index (χ1v) is 11.5. The molecule has 1 aromatic heterocycles. The third-order valence-electron chi connectivity index (χ3n) is 6.43. The van der Waals surface area contributed by atoms with E-state index in [-0.39, 0.29) is 31.6 Å². The monoisotopic (exact) mass is 481 g/mol. The Hall–Kier alpha value is -3.04. The van der Waals surface area contributed by atoms with Gasteiger partial charge in [-0.2, -0.15) is 0 Å². The summed E-state index contributed by atoms with van der Waals surface area (Å²) in [5, 5.41) is 11.1. The molecule has 2 aromatic rings. The Morgan fingerprint density at radius 3 is 2.76 bits per heavy atom. The highest BCUT2D eigenvalue weighted by molar-refractivity contribution is 6.31. The first-order chi connectivity index (χ1) is 16.5. The maximum absolute atomic E-state index is 13.7. The molecule has 0 saturated carbocycles. The second-order valence-corrected chi connectivity index (χ2v) is 8.94. The van der Waals surface area contributed by atoms with Gasteiger partial charge in [0.25, 0.3) is 11.8 Å². The lowest BCUT2D eigenvalue weighted by Gasteiger charge is -2.46. The molecule has 0 radical (unpaired) electrons. The average molecular weight is 482 g/mol. The minimum Gasteiger partial charge on any atom is -0.388 e. The van der Waals surface area contributed by atoms with Crippen LogP contribution in [0.3, 0.4) is 0 Å². The van der Waals surface area contributed by atoms with Gasteiger partial charge in [0.05, 0.1) is 43.0 Å². The molecule has 1 aliphatic carbocycles. The van der Waals surface area contributed by atoms with Crippen LogP contribution in [0.5, 0.6) is 0 Å². The average Bonchev–Trinajstić information content (AvgIpc) is 3.47. The molecule has 9 heteroatoms. The van der Waals surface area contributed by atoms with Crippen molar-refractivity contribution in [3.05, 3.63) is 88.7 Å². The quantitative estimate of drug-likeness (QED) is 0.614. The van der Waals surface area contributed by atoms with E-state index in [1.54, 1.807) is 53.6 Å². The van der Waals surface area contributed by atoms with Crippen LogP contribution in [0.4, 0.5) is 0 Å². The lowest BCUT2D eigenvalue weighted by molar-refractivity contribution is -0.138. The predicted molar refractivity (Wildman–Crippen MR) is 123 cm³/mol. The van der Waals surface area contributed by atoms with Crippen LogP contribution >= 0.6 is 11.6 Å². The van der Waals surface area contributed by atoms with Crippen LogP contribution in [0.15, 0.2) is 71.9 Å². The second kappa shape index (κ2) is 9.68. The number of aliphatic hydroxyl groups is 1. The molecule has 2 aliphatic heterocycles. The van der Waals surface area contributed by atoms with E-state index in [9.17, 15) is 14.7 Å². The summed E-state index contributed by atoms with van der Waals surface area (Å²) < 4.78 is 5.47. The van der Waals surface area contributed by atoms with Crippen LogP contribution in [-0.2, 0) is 21.0 Å². The molecule has 1 aromatic carbocycles. The van der Waals surface area contributed by atoms with Gasteiger partial charge in [0.2, 0.25) is 0 Å². The summed E-state index contributed by atoms with van der Waals surface area (Å²) in [4.78, 5) is 38.5. The third kappa shape index (κ3) is 4.25. The lowest BCUT2D eigenvalue weighted by Crippen LogP contribution is -2.60. The van der Waals surface area contributed by atoms with Crippen LogP contribution < -0.4 is 5.48 Å². The zero-order valence-corrected chi connectivity index (χ0v) is 19.0. The molecule has 3 aliphatic rings. The molecule has 2 N–H and O–H groups in total. The summed E-state index contributed by atoms with van der Waals surface area (Å²) in [5.41, 5.74) is 4.24. The van der Waals surface area contributed by atoms with Crippen LogP contribution in [0.2, 0.25) is 0 Å². The van der Waals surface area contributed by atoms with Crippen molar-refractivity contribution in [3.63, 3.8) is 0 Å². The maximum Gasteiger partial charge on any atom is 0.254 e. The number of amides is 2. The number of fused-ring (bicyclic) bond motifs is 1. The number of halogens is 1. The largest absolute Gasteiger partial charge is 0.388 e. The Morgan fingerprint density at radius 2 is 2.06 bits per heavy atom. The van der Waals surface area contributed by atoms with Gasteiger partial charge < -0.3 is 14.7 Å². The lowest BCUT2D eigenvalue weighted by atomic mass is 9.76. The minimum atomic E-state index is -0.856. The van der Waals surface area contributed by atoms with E-state index in [0.717, 1.165) is 0 Å². The van der Waals surface area contributed by atoms with Gasteiger partial charge in [-0.25, -0.2) is 5.48 Å². The highest BCUT2D eigenvalue weighted by Crippen LogP contribution is 2.42. The number of aromatic nitrogens is 1. The van der Waals surface area contributed by atoms with Crippen molar-refractivity contribution in [2.75, 3.05) is 13.2 Å². The Kier molecular flexibility index (Phi) is 6.47. The molecule has 2 amide bonds. The number of hydrogen-bond donors (Lipinski definition) is 2. The zero-order valence-electron chi connectivity index (χ0n) is 18.2. The van der Waals surface area contributed by atoms with E-state index >= 15 is 0 Å². The van der Waals surface area contributed by atoms with Gasteiger partial charge in [-0.3, -0.25) is 19.4 Å². The number of nitrogens with one attached hydrogen (secondary N) is 1. The van der Waals surface area contributed by atoms with Crippen molar-refractivity contribution in [2.24, 2.45) is 5.92 Å². The highest BCUT2D eigenvalue weighted by Gasteiger charge is 2.51. The number of ether oxygens (including phenoxy) is 1. The normalized spacial score (nSPS) is 28.1. The fourth-order valence-corrected chi connectivity index (χ4v) is 5.11. The molecule has 0 spiro atoms. The first-order valence-electron chi connectivity index (χ1n) is 11.1. The van der Waals surface area contributed by atoms with Crippen LogP contribution in [0.25, 0.3) is 0 Å². The fraction of sp³-hybridized carbons (Fsp3) is 0.320. The van der Waals surface area contributed by atoms with Crippen molar-refractivity contribution in [1.82, 2.24) is 15.4 Å². The summed E-state index contributed by atoms with van der Waals surface area (Å²) in [6.45, 7) is 0.409. The molecule has 34 heavy (non-hydrogen) atoms. The number of rotatable bonds is 6. The maximum atomic E-state index is 13.7. The van der Waals surface area contributed by atoms with E-state index in [1.165, 1.54) is 0 Å². The smallest absolute Gasteiger partial charge is 0.254 e. The number of hydrogen-bond acceptors (Lipinski definition) is 6. The Bertz CT molecular complexity index is 1140. The Morgan fingerprint density at radius 1 is 1.24 bits per heavy atom. The van der Waals surface area contributed by atoms with Crippen molar-refractivity contribution >= 4 is 23.4 Å². The van der Waals surface area contributed by atoms with E-state index < -0.39 is 30.0 Å². The first kappa shape index (κ1) is 22.7. The van der Waals surface area contributed by atoms with Crippen molar-refractivity contribution in [2.45, 2.75) is 30.7 Å². The molecule has 5 unspecified atom stereocenters. The van der Waals surface area contributed by atoms with Gasteiger partial charge in [-0.1, -0.05) is 48.0 Å². The van der Waals surface area contributed by atoms with E-state index in [2.05, 4.69) is 10.5 Å². The topological polar surface area (TPSA) is 101 Å². The third-order valence-corrected chi connectivity index (χ3v) is 6.68. The summed E-state index contributed by atoms with van der Waals surface area (Å²) in [6.07, 6.45) is 6.24. The zero-order chi connectivity index (χ0) is 23.7. The van der Waals surface area contributed by atoms with Gasteiger partial charge in [0, 0.05) is 22.7 Å². The van der Waals surface area contributed by atoms with Crippen LogP contribution in [0.1, 0.15) is 27.5 Å². The summed E-state index contributed by atoms with van der Waals surface area (Å²) in [6, 6.07) is 11.3. The fourth-order valence-electron chi connectivity index (χ4n) is 4.89. The van der Waals surface area contributed by atoms with Gasteiger partial charge in [0.1, 0.15) is 6.61 Å². The number of pyridine rings is 1. The Balaban J connectivity index is 1.51. The molecule has 3 heterocycles. The SMILES string of the molecule is O=C(NOCc1ccccn1)C1c2ccccc2C(=O)N(C2COCC2O)C1C1C=CC(Cl)=C1. The number of allylic oxidation sites excluding steroid dienone is 2. The number of carbonyl (C=O) groups is 2. The molecular weight excluding hydrogens is 458 g/mol. The minimum absolute atomic E-state index is 0.0957. The molecular formula is C25H24ClN3O5. The number of nitrogens with zero attached hydrogens (tertiary/aromatic N) is 2. The molecule has 0 bridgehead atoms. The van der Waals surface area contributed by atoms with Crippen molar-refractivity contribution in [1.29, 1.82) is 0 Å². The summed E-state index contributed by atoms with van der Waals surface area (Å²) in [5.74, 6) is -1.74. The molecule has 5 rings (SSSR count). The number of carbonyl (C=O) groups excluding carboxylic acids is 2. The van der Waals surface area contributed by atoms with Crippen LogP contribution in [0, 0.1) is 5.92 Å². The predicted octanol–water partition coefficient (Wildman–Crippen LogP) is 2.31. The molecule has 176 valence electrons. The second-order valence-electron chi connectivity index (χ2n) is 8.50. The number of benzene rings is 1. The Labute approximate surface area is 201 Å². The van der Waals surface area contributed by atoms with E-state index in [0.29, 0.717) is 21.9 Å². The summed E-state index contributed by atoms with van der Waals surface area (Å²) >= 11 is 6.24. The van der Waals surface area contributed by atoms with E-state index in [1.807, 2.05) is 18.2 Å². The van der Waals surface area contributed by atoms with E-state index in [4.69, 9.17) is 21.2 Å². The van der Waals surface area contributed by atoms with Crippen molar-refractivity contribution in [3.8, 4) is 0 Å². The summed E-state index contributed by atoms with van der Waals surface area (Å²) in [7, 11) is 0. The highest BCUT2D eigenvalue weighted by atomic mass is 35.5. The van der Waals surface area contributed by atoms with Gasteiger partial charge in [0.15, 0.2) is 0 Å². The standard InChI is InChI=1S/C25H24ClN3O5/c26-16-9-8-15(11-16)23-22(24(31)28-34-12-17-5-3-4-10-27-17)18-6-1-2-7-19(18)25(32)29(23)20-13-33-14-21(20)30/h1-11,15,20-23,30H,12-14H2,(H,28,31). The molecule has 1 saturated heterocycles. The van der Waals surface area contributed by atoms with Crippen LogP contribution in [-0.4, -0.2) is 58.2 Å². The van der Waals surface area contributed by atoms with Gasteiger partial charge in [-0.15, -0.1) is 0 Å².